The fraction of sp³-hybridized carbons (Fsp3) is 0.480. The zero-order valence-electron chi connectivity index (χ0n) is 20.5. The lowest BCUT2D eigenvalue weighted by molar-refractivity contribution is 0.101. The Hall–Kier alpha value is -3.29. The van der Waals surface area contributed by atoms with Gasteiger partial charge in [0.15, 0.2) is 0 Å². The topological polar surface area (TPSA) is 95.9 Å². The van der Waals surface area contributed by atoms with E-state index in [9.17, 15) is 4.79 Å². The molecule has 0 spiro atoms. The van der Waals surface area contributed by atoms with Crippen molar-refractivity contribution in [3.8, 4) is 6.07 Å². The Bertz CT molecular complexity index is 1460. The second-order valence-corrected chi connectivity index (χ2v) is 9.84. The summed E-state index contributed by atoms with van der Waals surface area (Å²) in [5.41, 5.74) is 5.48. The van der Waals surface area contributed by atoms with Gasteiger partial charge in [-0.25, -0.2) is 0 Å². The highest BCUT2D eigenvalue weighted by molar-refractivity contribution is 7.00. The van der Waals surface area contributed by atoms with Crippen LogP contribution in [0.2, 0.25) is 0 Å². The molecule has 1 saturated heterocycles. The van der Waals surface area contributed by atoms with Gasteiger partial charge in [0.1, 0.15) is 23.1 Å². The molecule has 182 valence electrons. The van der Waals surface area contributed by atoms with E-state index >= 15 is 0 Å². The Labute approximate surface area is 208 Å². The molecule has 1 aliphatic heterocycles. The van der Waals surface area contributed by atoms with Crippen LogP contribution < -0.4 is 10.5 Å². The summed E-state index contributed by atoms with van der Waals surface area (Å²) in [5.74, 6) is 0. The van der Waals surface area contributed by atoms with Crippen LogP contribution in [0.15, 0.2) is 35.3 Å². The lowest BCUT2D eigenvalue weighted by Crippen LogP contribution is -2.58. The first-order chi connectivity index (χ1) is 16.9. The summed E-state index contributed by atoms with van der Waals surface area (Å²) in [5, 5.41) is 13.8. The number of aryl methyl sites for hydroxylation is 1. The largest absolute Gasteiger partial charge is 0.364 e. The third-order valence-electron chi connectivity index (χ3n) is 7.42. The van der Waals surface area contributed by atoms with Crippen LogP contribution in [-0.4, -0.2) is 53.2 Å². The summed E-state index contributed by atoms with van der Waals surface area (Å²) in [6.07, 6.45) is 3.74. The normalized spacial score (nSPS) is 19.9. The van der Waals surface area contributed by atoms with Gasteiger partial charge in [-0.15, -0.1) is 0 Å². The molecule has 0 aliphatic carbocycles. The number of rotatable bonds is 6. The second-order valence-electron chi connectivity index (χ2n) is 9.31. The van der Waals surface area contributed by atoms with Crippen LogP contribution in [0.25, 0.3) is 22.1 Å². The highest BCUT2D eigenvalue weighted by atomic mass is 32.1. The van der Waals surface area contributed by atoms with Gasteiger partial charge >= 0.3 is 0 Å². The first-order valence-corrected chi connectivity index (χ1v) is 12.9. The molecule has 10 heteroatoms. The predicted octanol–water partition coefficient (Wildman–Crippen LogP) is 3.70. The Morgan fingerprint density at radius 2 is 1.91 bits per heavy atom. The Balaban J connectivity index is 1.51. The van der Waals surface area contributed by atoms with Crippen molar-refractivity contribution < 1.29 is 0 Å². The standard InChI is InChI=1S/C25H30N8OS/c1-5-18-14-33(22-12-24(34)30(4)23-15-31(10-9-26)27-25(22)23)19(6-2)13-32(18)16(3)17-7-8-20-21(11-17)29-35-28-20/h7-8,11-12,15-16,18-19H,5-6,10,13-14H2,1-4H3/t16?,18-,19+/m1/s1. The van der Waals surface area contributed by atoms with Gasteiger partial charge < -0.3 is 9.47 Å². The maximum Gasteiger partial charge on any atom is 0.252 e. The van der Waals surface area contributed by atoms with E-state index in [1.54, 1.807) is 28.6 Å². The molecule has 0 radical (unpaired) electrons. The zero-order chi connectivity index (χ0) is 24.7. The summed E-state index contributed by atoms with van der Waals surface area (Å²) in [7, 11) is 1.76. The molecular weight excluding hydrogens is 460 g/mol. The van der Waals surface area contributed by atoms with Crippen molar-refractivity contribution >= 4 is 39.5 Å². The fourth-order valence-electron chi connectivity index (χ4n) is 5.32. The predicted molar refractivity (Wildman–Crippen MR) is 139 cm³/mol. The van der Waals surface area contributed by atoms with E-state index in [1.165, 1.54) is 17.3 Å². The quantitative estimate of drug-likeness (QED) is 0.407. The molecule has 1 aromatic carbocycles. The molecule has 3 atom stereocenters. The van der Waals surface area contributed by atoms with Gasteiger partial charge in [-0.2, -0.15) is 19.1 Å². The lowest BCUT2D eigenvalue weighted by Gasteiger charge is -2.49. The van der Waals surface area contributed by atoms with E-state index < -0.39 is 0 Å². The minimum Gasteiger partial charge on any atom is -0.364 e. The Morgan fingerprint density at radius 3 is 2.66 bits per heavy atom. The fourth-order valence-corrected chi connectivity index (χ4v) is 5.83. The van der Waals surface area contributed by atoms with Crippen molar-refractivity contribution in [2.45, 2.75) is 58.3 Å². The molecule has 0 amide bonds. The average molecular weight is 491 g/mol. The third-order valence-corrected chi connectivity index (χ3v) is 7.97. The lowest BCUT2D eigenvalue weighted by atomic mass is 9.96. The first kappa shape index (κ1) is 23.5. The van der Waals surface area contributed by atoms with Gasteiger partial charge in [-0.1, -0.05) is 19.9 Å². The van der Waals surface area contributed by atoms with E-state index in [0.29, 0.717) is 6.04 Å². The van der Waals surface area contributed by atoms with Crippen molar-refractivity contribution in [3.05, 3.63) is 46.4 Å². The number of fused-ring (bicyclic) bond motifs is 2. The SMILES string of the molecule is CC[C@H]1CN(C(C)c2ccc3nsnc3c2)[C@H](CC)CN1c1cc(=O)n(C)c2cn(CC#N)nc12. The molecule has 4 aromatic rings. The third kappa shape index (κ3) is 4.09. The van der Waals surface area contributed by atoms with E-state index in [1.807, 2.05) is 0 Å². The maximum atomic E-state index is 12.9. The molecule has 5 rings (SSSR count). The Morgan fingerprint density at radius 1 is 1.14 bits per heavy atom. The van der Waals surface area contributed by atoms with Crippen molar-refractivity contribution in [2.24, 2.45) is 7.05 Å². The van der Waals surface area contributed by atoms with Gasteiger partial charge in [-0.3, -0.25) is 14.4 Å². The van der Waals surface area contributed by atoms with Crippen molar-refractivity contribution in [3.63, 3.8) is 0 Å². The van der Waals surface area contributed by atoms with E-state index in [0.717, 1.165) is 53.7 Å². The number of aromatic nitrogens is 5. The number of nitriles is 1. The molecular formula is C25H30N8OS. The summed E-state index contributed by atoms with van der Waals surface area (Å²) in [6, 6.07) is 11.0. The van der Waals surface area contributed by atoms with Crippen LogP contribution in [0.3, 0.4) is 0 Å². The molecule has 1 aliphatic rings. The van der Waals surface area contributed by atoms with Crippen LogP contribution >= 0.6 is 11.7 Å². The summed E-state index contributed by atoms with van der Waals surface area (Å²) < 4.78 is 12.0. The highest BCUT2D eigenvalue weighted by Gasteiger charge is 2.36. The minimum atomic E-state index is -0.0621. The number of pyridine rings is 1. The van der Waals surface area contributed by atoms with Crippen molar-refractivity contribution in [1.29, 1.82) is 5.26 Å². The van der Waals surface area contributed by atoms with Crippen LogP contribution in [0.5, 0.6) is 0 Å². The molecule has 0 bridgehead atoms. The smallest absolute Gasteiger partial charge is 0.252 e. The van der Waals surface area contributed by atoms with Crippen LogP contribution in [0.1, 0.15) is 45.2 Å². The minimum absolute atomic E-state index is 0.0621. The van der Waals surface area contributed by atoms with Crippen LogP contribution in [0.4, 0.5) is 5.69 Å². The van der Waals surface area contributed by atoms with Gasteiger partial charge in [0.25, 0.3) is 5.56 Å². The summed E-state index contributed by atoms with van der Waals surface area (Å²) in [6.45, 7) is 8.55. The van der Waals surface area contributed by atoms with Crippen LogP contribution in [-0.2, 0) is 13.6 Å². The highest BCUT2D eigenvalue weighted by Crippen LogP contribution is 2.34. The summed E-state index contributed by atoms with van der Waals surface area (Å²) in [4.78, 5) is 17.8. The second kappa shape index (κ2) is 9.40. The summed E-state index contributed by atoms with van der Waals surface area (Å²) >= 11 is 1.25. The van der Waals surface area contributed by atoms with Crippen molar-refractivity contribution in [2.75, 3.05) is 18.0 Å². The molecule has 4 heterocycles. The molecule has 0 saturated carbocycles. The van der Waals surface area contributed by atoms with Gasteiger partial charge in [-0.05, 0) is 37.5 Å². The maximum absolute atomic E-state index is 12.9. The molecule has 3 aromatic heterocycles. The first-order valence-electron chi connectivity index (χ1n) is 12.1. The number of hydrogen-bond acceptors (Lipinski definition) is 8. The van der Waals surface area contributed by atoms with Crippen LogP contribution in [0, 0.1) is 11.3 Å². The number of piperazine rings is 1. The number of hydrogen-bond donors (Lipinski definition) is 0. The molecule has 1 fully saturated rings. The Kier molecular flexibility index (Phi) is 6.30. The zero-order valence-corrected chi connectivity index (χ0v) is 21.4. The molecule has 9 nitrogen and oxygen atoms in total. The average Bonchev–Trinajstić information content (AvgIpc) is 3.52. The van der Waals surface area contributed by atoms with Crippen molar-refractivity contribution in [1.82, 2.24) is 28.0 Å². The van der Waals surface area contributed by atoms with Gasteiger partial charge in [0.05, 0.1) is 35.2 Å². The molecule has 0 N–H and O–H groups in total. The molecule has 1 unspecified atom stereocenters. The number of anilines is 1. The van der Waals surface area contributed by atoms with Gasteiger partial charge in [0.2, 0.25) is 0 Å². The van der Waals surface area contributed by atoms with E-state index in [2.05, 4.69) is 63.6 Å². The number of nitrogens with zero attached hydrogens (tertiary/aromatic N) is 8. The van der Waals surface area contributed by atoms with E-state index in [-0.39, 0.29) is 24.2 Å². The molecule has 35 heavy (non-hydrogen) atoms. The van der Waals surface area contributed by atoms with E-state index in [4.69, 9.17) is 10.4 Å². The monoisotopic (exact) mass is 490 g/mol. The number of benzene rings is 1. The van der Waals surface area contributed by atoms with Gasteiger partial charge in [0, 0.05) is 44.3 Å².